The van der Waals surface area contributed by atoms with Crippen molar-refractivity contribution in [3.63, 3.8) is 0 Å². The first kappa shape index (κ1) is 22.5. The van der Waals surface area contributed by atoms with Crippen molar-refractivity contribution in [2.75, 3.05) is 39.5 Å². The summed E-state index contributed by atoms with van der Waals surface area (Å²) in [6.07, 6.45) is 5.22. The topological polar surface area (TPSA) is 53.6 Å². The lowest BCUT2D eigenvalue weighted by Crippen LogP contribution is -2.42. The fourth-order valence-corrected chi connectivity index (χ4v) is 4.44. The van der Waals surface area contributed by atoms with Crippen LogP contribution in [-0.2, 0) is 13.0 Å². The van der Waals surface area contributed by atoms with Crippen molar-refractivity contribution in [3.8, 4) is 5.75 Å². The highest BCUT2D eigenvalue weighted by atomic mass is 32.2. The Bertz CT molecular complexity index is 789. The minimum Gasteiger partial charge on any atom is -0.497 e. The lowest BCUT2D eigenvalue weighted by atomic mass is 9.96. The third-order valence-electron chi connectivity index (χ3n) is 5.70. The summed E-state index contributed by atoms with van der Waals surface area (Å²) in [7, 11) is 1.66. The van der Waals surface area contributed by atoms with E-state index in [1.54, 1.807) is 7.11 Å². The van der Waals surface area contributed by atoms with Gasteiger partial charge >= 0.3 is 6.03 Å². The van der Waals surface area contributed by atoms with Gasteiger partial charge in [-0.05, 0) is 73.9 Å². The molecule has 2 aromatic carbocycles. The standard InChI is InChI=1S/C24H33N3O2S/c1-29-22-9-7-19(8-10-22)11-14-25-24(28)26-17-20-12-15-27(16-13-20)18-21-5-3-4-6-23(21)30-2/h3-10,20H,11-18H2,1-2H3,(H2,25,26,28). The van der Waals surface area contributed by atoms with Gasteiger partial charge in [0.15, 0.2) is 0 Å². The summed E-state index contributed by atoms with van der Waals surface area (Å²) in [4.78, 5) is 16.0. The molecule has 2 aromatic rings. The summed E-state index contributed by atoms with van der Waals surface area (Å²) in [5.41, 5.74) is 2.60. The molecule has 1 fully saturated rings. The summed E-state index contributed by atoms with van der Waals surface area (Å²) in [6.45, 7) is 4.58. The summed E-state index contributed by atoms with van der Waals surface area (Å²) in [5.74, 6) is 1.41. The van der Waals surface area contributed by atoms with Crippen LogP contribution in [0.5, 0.6) is 5.75 Å². The molecule has 0 atom stereocenters. The molecule has 1 aliphatic rings. The molecule has 5 nitrogen and oxygen atoms in total. The molecule has 1 heterocycles. The van der Waals surface area contributed by atoms with Crippen molar-refractivity contribution in [2.24, 2.45) is 5.92 Å². The van der Waals surface area contributed by atoms with Crippen molar-refractivity contribution in [1.29, 1.82) is 0 Å². The molecule has 6 heteroatoms. The number of ether oxygens (including phenoxy) is 1. The third-order valence-corrected chi connectivity index (χ3v) is 6.54. The number of rotatable bonds is 9. The number of thioether (sulfide) groups is 1. The average Bonchev–Trinajstić information content (AvgIpc) is 2.79. The van der Waals surface area contributed by atoms with Gasteiger partial charge in [-0.25, -0.2) is 4.79 Å². The fraction of sp³-hybridized carbons (Fsp3) is 0.458. The Morgan fingerprint density at radius 3 is 2.53 bits per heavy atom. The van der Waals surface area contributed by atoms with Crippen molar-refractivity contribution < 1.29 is 9.53 Å². The zero-order valence-electron chi connectivity index (χ0n) is 18.0. The van der Waals surface area contributed by atoms with Crippen molar-refractivity contribution in [2.45, 2.75) is 30.7 Å². The Kier molecular flexibility index (Phi) is 8.90. The van der Waals surface area contributed by atoms with Gasteiger partial charge in [-0.1, -0.05) is 30.3 Å². The van der Waals surface area contributed by atoms with E-state index in [-0.39, 0.29) is 6.03 Å². The zero-order chi connectivity index (χ0) is 21.2. The van der Waals surface area contributed by atoms with E-state index in [2.05, 4.69) is 46.1 Å². The minimum atomic E-state index is -0.0696. The van der Waals surface area contributed by atoms with Crippen LogP contribution in [0, 0.1) is 5.92 Å². The van der Waals surface area contributed by atoms with Crippen molar-refractivity contribution >= 4 is 17.8 Å². The first-order valence-corrected chi connectivity index (χ1v) is 11.9. The summed E-state index contributed by atoms with van der Waals surface area (Å²) in [6, 6.07) is 16.5. The number of benzene rings is 2. The molecular formula is C24H33N3O2S. The lowest BCUT2D eigenvalue weighted by Gasteiger charge is -2.32. The number of carbonyl (C=O) groups excluding carboxylic acids is 1. The predicted molar refractivity (Wildman–Crippen MR) is 124 cm³/mol. The number of nitrogens with one attached hydrogen (secondary N) is 2. The van der Waals surface area contributed by atoms with Crippen LogP contribution in [0.4, 0.5) is 4.79 Å². The van der Waals surface area contributed by atoms with Gasteiger partial charge in [-0.3, -0.25) is 4.90 Å². The van der Waals surface area contributed by atoms with E-state index < -0.39 is 0 Å². The first-order chi connectivity index (χ1) is 14.7. The summed E-state index contributed by atoms with van der Waals surface area (Å²) < 4.78 is 5.16. The van der Waals surface area contributed by atoms with E-state index in [9.17, 15) is 4.79 Å². The Hall–Kier alpha value is -2.18. The second-order valence-electron chi connectivity index (χ2n) is 7.77. The average molecular weight is 428 g/mol. The lowest BCUT2D eigenvalue weighted by molar-refractivity contribution is 0.174. The van der Waals surface area contributed by atoms with Gasteiger partial charge in [0.2, 0.25) is 0 Å². The SMILES string of the molecule is COc1ccc(CCNC(=O)NCC2CCN(Cc3ccccc3SC)CC2)cc1. The van der Waals surface area contributed by atoms with E-state index >= 15 is 0 Å². The van der Waals surface area contributed by atoms with Crippen molar-refractivity contribution in [1.82, 2.24) is 15.5 Å². The molecule has 0 aliphatic carbocycles. The smallest absolute Gasteiger partial charge is 0.314 e. The van der Waals surface area contributed by atoms with Gasteiger partial charge < -0.3 is 15.4 Å². The predicted octanol–water partition coefficient (Wildman–Crippen LogP) is 4.17. The van der Waals surface area contributed by atoms with E-state index in [0.29, 0.717) is 12.5 Å². The summed E-state index contributed by atoms with van der Waals surface area (Å²) >= 11 is 1.82. The van der Waals surface area contributed by atoms with Gasteiger partial charge in [0, 0.05) is 24.5 Å². The van der Waals surface area contributed by atoms with Gasteiger partial charge in [0.1, 0.15) is 5.75 Å². The highest BCUT2D eigenvalue weighted by Crippen LogP contribution is 2.24. The maximum Gasteiger partial charge on any atom is 0.314 e. The van der Waals surface area contributed by atoms with Gasteiger partial charge in [0.25, 0.3) is 0 Å². The molecule has 3 rings (SSSR count). The normalized spacial score (nSPS) is 15.0. The van der Waals surface area contributed by atoms with Crippen LogP contribution >= 0.6 is 11.8 Å². The van der Waals surface area contributed by atoms with Crippen LogP contribution in [-0.4, -0.2) is 50.5 Å². The molecular weight excluding hydrogens is 394 g/mol. The Balaban J connectivity index is 1.30. The zero-order valence-corrected chi connectivity index (χ0v) is 18.8. The maximum atomic E-state index is 12.1. The highest BCUT2D eigenvalue weighted by Gasteiger charge is 2.20. The van der Waals surface area contributed by atoms with Gasteiger partial charge in [0.05, 0.1) is 7.11 Å². The molecule has 0 radical (unpaired) electrons. The Morgan fingerprint density at radius 2 is 1.83 bits per heavy atom. The monoisotopic (exact) mass is 427 g/mol. The number of hydrogen-bond acceptors (Lipinski definition) is 4. The van der Waals surface area contributed by atoms with Crippen LogP contribution in [0.2, 0.25) is 0 Å². The number of nitrogens with zero attached hydrogens (tertiary/aromatic N) is 1. The molecule has 2 amide bonds. The molecule has 0 aromatic heterocycles. The minimum absolute atomic E-state index is 0.0696. The van der Waals surface area contributed by atoms with E-state index in [1.807, 2.05) is 36.0 Å². The Labute approximate surface area is 184 Å². The van der Waals surface area contributed by atoms with E-state index in [1.165, 1.54) is 16.0 Å². The number of amides is 2. The Morgan fingerprint density at radius 1 is 1.10 bits per heavy atom. The van der Waals surface area contributed by atoms with Gasteiger partial charge in [-0.2, -0.15) is 0 Å². The van der Waals surface area contributed by atoms with Crippen LogP contribution < -0.4 is 15.4 Å². The molecule has 0 unspecified atom stereocenters. The molecule has 0 spiro atoms. The van der Waals surface area contributed by atoms with E-state index in [4.69, 9.17) is 4.74 Å². The van der Waals surface area contributed by atoms with Crippen molar-refractivity contribution in [3.05, 3.63) is 59.7 Å². The summed E-state index contributed by atoms with van der Waals surface area (Å²) in [5, 5.41) is 6.01. The maximum absolute atomic E-state index is 12.1. The van der Waals surface area contributed by atoms with Gasteiger partial charge in [-0.15, -0.1) is 11.8 Å². The second kappa shape index (κ2) is 11.9. The number of carbonyl (C=O) groups is 1. The number of methoxy groups -OCH3 is 1. The van der Waals surface area contributed by atoms with E-state index in [0.717, 1.165) is 51.2 Å². The quantitative estimate of drug-likeness (QED) is 0.590. The number of likely N-dealkylation sites (tertiary alicyclic amines) is 1. The van der Waals surface area contributed by atoms with Crippen LogP contribution in [0.15, 0.2) is 53.4 Å². The second-order valence-corrected chi connectivity index (χ2v) is 8.61. The fourth-order valence-electron chi connectivity index (χ4n) is 3.84. The molecule has 162 valence electrons. The molecule has 0 bridgehead atoms. The highest BCUT2D eigenvalue weighted by molar-refractivity contribution is 7.98. The van der Waals surface area contributed by atoms with Crippen LogP contribution in [0.3, 0.4) is 0 Å². The first-order valence-electron chi connectivity index (χ1n) is 10.7. The number of piperidine rings is 1. The molecule has 1 saturated heterocycles. The van der Waals surface area contributed by atoms with Crippen LogP contribution in [0.1, 0.15) is 24.0 Å². The largest absolute Gasteiger partial charge is 0.497 e. The van der Waals surface area contributed by atoms with Crippen LogP contribution in [0.25, 0.3) is 0 Å². The molecule has 1 aliphatic heterocycles. The number of urea groups is 1. The molecule has 30 heavy (non-hydrogen) atoms. The molecule has 0 saturated carbocycles. The number of hydrogen-bond donors (Lipinski definition) is 2. The third kappa shape index (κ3) is 6.96. The molecule has 2 N–H and O–H groups in total.